The van der Waals surface area contributed by atoms with Gasteiger partial charge in [0.05, 0.1) is 16.4 Å². The van der Waals surface area contributed by atoms with Gasteiger partial charge in [0.2, 0.25) is 0 Å². The van der Waals surface area contributed by atoms with Crippen LogP contribution in [0.15, 0.2) is 41.0 Å². The van der Waals surface area contributed by atoms with Gasteiger partial charge >= 0.3 is 0 Å². The molecule has 0 radical (unpaired) electrons. The topological polar surface area (TPSA) is 35.2 Å². The van der Waals surface area contributed by atoms with Crippen molar-refractivity contribution in [3.63, 3.8) is 0 Å². The summed E-state index contributed by atoms with van der Waals surface area (Å²) < 4.78 is 1.08. The Morgan fingerprint density at radius 2 is 2.05 bits per heavy atom. The van der Waals surface area contributed by atoms with Gasteiger partial charge in [0.15, 0.2) is 0 Å². The lowest BCUT2D eigenvalue weighted by atomic mass is 10.2. The van der Waals surface area contributed by atoms with Crippen LogP contribution >= 0.6 is 15.9 Å². The largest absolute Gasteiger partial charge is 0.366 e. The normalized spacial score (nSPS) is 25.6. The molecule has 2 saturated heterocycles. The second kappa shape index (κ2) is 4.90. The molecule has 2 atom stereocenters. The fraction of sp³-hybridized carbons (Fsp3) is 0.400. The van der Waals surface area contributed by atoms with Crippen molar-refractivity contribution < 1.29 is 0 Å². The van der Waals surface area contributed by atoms with Crippen LogP contribution in [0.1, 0.15) is 12.1 Å². The van der Waals surface area contributed by atoms with E-state index >= 15 is 0 Å². The summed E-state index contributed by atoms with van der Waals surface area (Å²) in [4.78, 5) is 5.13. The Bertz CT molecular complexity index is 597. The van der Waals surface area contributed by atoms with E-state index in [1.165, 1.54) is 17.8 Å². The van der Waals surface area contributed by atoms with E-state index in [0.717, 1.165) is 24.1 Å². The molecular weight excluding hydrogens is 316 g/mol. The van der Waals surface area contributed by atoms with E-state index in [1.807, 2.05) is 6.20 Å². The van der Waals surface area contributed by atoms with Gasteiger partial charge in [0, 0.05) is 37.4 Å². The maximum Gasteiger partial charge on any atom is 0.0634 e. The molecule has 5 heteroatoms. The van der Waals surface area contributed by atoms with E-state index in [-0.39, 0.29) is 0 Å². The van der Waals surface area contributed by atoms with Gasteiger partial charge < -0.3 is 4.90 Å². The number of piperazine rings is 1. The van der Waals surface area contributed by atoms with Gasteiger partial charge in [-0.25, -0.2) is 0 Å². The molecular formula is C15H17BrN4. The SMILES string of the molecule is Brc1cn[nH]c1CN1C[C@@H]2C[C@H]1CN2c1ccccc1. The van der Waals surface area contributed by atoms with Gasteiger partial charge in [-0.05, 0) is 34.5 Å². The molecule has 0 unspecified atom stereocenters. The molecule has 3 heterocycles. The second-order valence-corrected chi connectivity index (χ2v) is 6.51. The first-order valence-electron chi connectivity index (χ1n) is 7.05. The van der Waals surface area contributed by atoms with Crippen LogP contribution in [-0.2, 0) is 6.54 Å². The summed E-state index contributed by atoms with van der Waals surface area (Å²) in [5.41, 5.74) is 2.55. The molecule has 0 spiro atoms. The van der Waals surface area contributed by atoms with Crippen LogP contribution < -0.4 is 4.90 Å². The molecule has 2 bridgehead atoms. The van der Waals surface area contributed by atoms with E-state index in [1.54, 1.807) is 0 Å². The number of fused-ring (bicyclic) bond motifs is 2. The summed E-state index contributed by atoms with van der Waals surface area (Å²) in [6.45, 7) is 3.25. The predicted octanol–water partition coefficient (Wildman–Crippen LogP) is 2.64. The summed E-state index contributed by atoms with van der Waals surface area (Å²) in [7, 11) is 0. The zero-order chi connectivity index (χ0) is 13.5. The molecule has 1 aromatic heterocycles. The number of halogens is 1. The summed E-state index contributed by atoms with van der Waals surface area (Å²) in [5.74, 6) is 0. The van der Waals surface area contributed by atoms with E-state index in [4.69, 9.17) is 0 Å². The highest BCUT2D eigenvalue weighted by Crippen LogP contribution is 2.35. The average Bonchev–Trinajstić information content (AvgIpc) is 3.17. The molecule has 0 aliphatic carbocycles. The number of aromatic amines is 1. The van der Waals surface area contributed by atoms with Crippen LogP contribution in [0.2, 0.25) is 0 Å². The highest BCUT2D eigenvalue weighted by atomic mass is 79.9. The first-order chi connectivity index (χ1) is 9.81. The van der Waals surface area contributed by atoms with Crippen LogP contribution in [0.25, 0.3) is 0 Å². The lowest BCUT2D eigenvalue weighted by molar-refractivity contribution is 0.227. The third-order valence-corrected chi connectivity index (χ3v) is 5.15. The fourth-order valence-electron chi connectivity index (χ4n) is 3.49. The molecule has 2 fully saturated rings. The zero-order valence-electron chi connectivity index (χ0n) is 11.2. The number of anilines is 1. The van der Waals surface area contributed by atoms with Crippen LogP contribution in [0, 0.1) is 0 Å². The van der Waals surface area contributed by atoms with E-state index in [9.17, 15) is 0 Å². The van der Waals surface area contributed by atoms with Gasteiger partial charge in [-0.3, -0.25) is 10.00 Å². The van der Waals surface area contributed by atoms with Gasteiger partial charge in [-0.2, -0.15) is 5.10 Å². The number of nitrogens with one attached hydrogen (secondary N) is 1. The van der Waals surface area contributed by atoms with Gasteiger partial charge in [-0.15, -0.1) is 0 Å². The summed E-state index contributed by atoms with van der Waals surface area (Å²) >= 11 is 3.54. The number of hydrogen-bond acceptors (Lipinski definition) is 3. The fourth-order valence-corrected chi connectivity index (χ4v) is 3.81. The van der Waals surface area contributed by atoms with Crippen molar-refractivity contribution in [2.24, 2.45) is 0 Å². The number of para-hydroxylation sites is 1. The van der Waals surface area contributed by atoms with Crippen molar-refractivity contribution in [1.82, 2.24) is 15.1 Å². The van der Waals surface area contributed by atoms with Crippen molar-refractivity contribution in [3.05, 3.63) is 46.7 Å². The van der Waals surface area contributed by atoms with E-state index < -0.39 is 0 Å². The standard InChI is InChI=1S/C15H17BrN4/c16-14-7-17-18-15(14)10-19-8-13-6-12(19)9-20(13)11-4-2-1-3-5-11/h1-5,7,12-13H,6,8-10H2,(H,17,18)/t12-,13-/m0/s1. The number of H-pyrrole nitrogens is 1. The molecule has 2 aromatic rings. The maximum absolute atomic E-state index is 4.08. The van der Waals surface area contributed by atoms with Gasteiger partial charge in [0.1, 0.15) is 0 Å². The monoisotopic (exact) mass is 332 g/mol. The lowest BCUT2D eigenvalue weighted by Gasteiger charge is -2.35. The molecule has 20 heavy (non-hydrogen) atoms. The number of rotatable bonds is 3. The second-order valence-electron chi connectivity index (χ2n) is 5.66. The molecule has 0 amide bonds. The van der Waals surface area contributed by atoms with Crippen LogP contribution in [0.4, 0.5) is 5.69 Å². The molecule has 104 valence electrons. The Labute approximate surface area is 126 Å². The number of likely N-dealkylation sites (tertiary alicyclic amines) is 1. The third kappa shape index (κ3) is 2.05. The number of benzene rings is 1. The molecule has 0 saturated carbocycles. The number of aromatic nitrogens is 2. The van der Waals surface area contributed by atoms with Crippen molar-refractivity contribution in [2.75, 3.05) is 18.0 Å². The van der Waals surface area contributed by atoms with E-state index in [2.05, 4.69) is 66.3 Å². The number of hydrogen-bond donors (Lipinski definition) is 1. The summed E-state index contributed by atoms with van der Waals surface area (Å²) in [6.07, 6.45) is 3.11. The Kier molecular flexibility index (Phi) is 3.04. The minimum absolute atomic E-state index is 0.657. The Hall–Kier alpha value is -1.33. The Morgan fingerprint density at radius 1 is 1.20 bits per heavy atom. The van der Waals surface area contributed by atoms with Crippen molar-refractivity contribution >= 4 is 21.6 Å². The van der Waals surface area contributed by atoms with Crippen LogP contribution in [-0.4, -0.2) is 40.3 Å². The minimum Gasteiger partial charge on any atom is -0.366 e. The molecule has 4 nitrogen and oxygen atoms in total. The zero-order valence-corrected chi connectivity index (χ0v) is 12.8. The predicted molar refractivity (Wildman–Crippen MR) is 82.7 cm³/mol. The lowest BCUT2D eigenvalue weighted by Crippen LogP contribution is -2.46. The van der Waals surface area contributed by atoms with Gasteiger partial charge in [0.25, 0.3) is 0 Å². The molecule has 1 aromatic carbocycles. The Morgan fingerprint density at radius 3 is 2.70 bits per heavy atom. The van der Waals surface area contributed by atoms with E-state index in [0.29, 0.717) is 12.1 Å². The van der Waals surface area contributed by atoms with Crippen LogP contribution in [0.5, 0.6) is 0 Å². The highest BCUT2D eigenvalue weighted by molar-refractivity contribution is 9.10. The number of nitrogens with zero attached hydrogens (tertiary/aromatic N) is 3. The smallest absolute Gasteiger partial charge is 0.0634 e. The summed E-state index contributed by atoms with van der Waals surface area (Å²) in [5, 5.41) is 7.16. The van der Waals surface area contributed by atoms with Crippen molar-refractivity contribution in [3.8, 4) is 0 Å². The molecule has 4 rings (SSSR count). The average molecular weight is 333 g/mol. The van der Waals surface area contributed by atoms with Crippen molar-refractivity contribution in [2.45, 2.75) is 25.0 Å². The maximum atomic E-state index is 4.08. The summed E-state index contributed by atoms with van der Waals surface area (Å²) in [6, 6.07) is 12.1. The van der Waals surface area contributed by atoms with Gasteiger partial charge in [-0.1, -0.05) is 18.2 Å². The quantitative estimate of drug-likeness (QED) is 0.938. The molecule has 2 aliphatic heterocycles. The van der Waals surface area contributed by atoms with Crippen LogP contribution in [0.3, 0.4) is 0 Å². The first-order valence-corrected chi connectivity index (χ1v) is 7.84. The van der Waals surface area contributed by atoms with Crippen molar-refractivity contribution in [1.29, 1.82) is 0 Å². The molecule has 1 N–H and O–H groups in total. The Balaban J connectivity index is 1.46. The minimum atomic E-state index is 0.657. The molecule has 2 aliphatic rings. The highest BCUT2D eigenvalue weighted by Gasteiger charge is 2.43. The first kappa shape index (κ1) is 12.4. The third-order valence-electron chi connectivity index (χ3n) is 4.47.